The van der Waals surface area contributed by atoms with Crippen LogP contribution in [-0.2, 0) is 6.54 Å². The van der Waals surface area contributed by atoms with Crippen molar-refractivity contribution in [2.75, 3.05) is 14.1 Å². The summed E-state index contributed by atoms with van der Waals surface area (Å²) in [5, 5.41) is 9.83. The lowest BCUT2D eigenvalue weighted by atomic mass is 10.2. The summed E-state index contributed by atoms with van der Waals surface area (Å²) in [5.41, 5.74) is 3.97. The minimum atomic E-state index is 0.518. The van der Waals surface area contributed by atoms with Gasteiger partial charge in [-0.25, -0.2) is 5.43 Å². The van der Waals surface area contributed by atoms with Crippen LogP contribution in [0.5, 0.6) is 0 Å². The molecule has 0 amide bonds. The Morgan fingerprint density at radius 2 is 2.06 bits per heavy atom. The molecular formula is C11H13BrN4O. The zero-order chi connectivity index (χ0) is 12.3. The number of hydrogen-bond donors (Lipinski definition) is 1. The third kappa shape index (κ3) is 3.12. The van der Waals surface area contributed by atoms with Gasteiger partial charge in [-0.05, 0) is 28.1 Å². The standard InChI is InChI=1S/C11H13BrN4O/c1-16(2)13-7-10-14-15-11(17-10)8-5-3-4-6-9(8)12/h3-6,13H,7H2,1-2H3. The van der Waals surface area contributed by atoms with Gasteiger partial charge >= 0.3 is 0 Å². The highest BCUT2D eigenvalue weighted by molar-refractivity contribution is 9.10. The number of nitrogens with one attached hydrogen (secondary N) is 1. The van der Waals surface area contributed by atoms with Crippen LogP contribution in [0.4, 0.5) is 0 Å². The first kappa shape index (κ1) is 12.2. The second kappa shape index (κ2) is 5.39. The Hall–Kier alpha value is -1.24. The lowest BCUT2D eigenvalue weighted by molar-refractivity contribution is 0.269. The van der Waals surface area contributed by atoms with Crippen molar-refractivity contribution < 1.29 is 4.42 Å². The zero-order valence-corrected chi connectivity index (χ0v) is 11.2. The van der Waals surface area contributed by atoms with E-state index in [1.165, 1.54) is 0 Å². The van der Waals surface area contributed by atoms with Gasteiger partial charge in [0.15, 0.2) is 0 Å². The Bertz CT molecular complexity index is 498. The van der Waals surface area contributed by atoms with Crippen LogP contribution < -0.4 is 5.43 Å². The van der Waals surface area contributed by atoms with Crippen molar-refractivity contribution in [1.82, 2.24) is 20.6 Å². The normalized spacial score (nSPS) is 11.1. The summed E-state index contributed by atoms with van der Waals surface area (Å²) in [7, 11) is 3.82. The van der Waals surface area contributed by atoms with Crippen molar-refractivity contribution in [3.8, 4) is 11.5 Å². The summed E-state index contributed by atoms with van der Waals surface area (Å²) < 4.78 is 6.50. The number of hydrazine groups is 1. The fourth-order valence-corrected chi connectivity index (χ4v) is 1.75. The third-order valence-electron chi connectivity index (χ3n) is 2.12. The molecule has 1 heterocycles. The molecule has 0 atom stereocenters. The van der Waals surface area contributed by atoms with Gasteiger partial charge in [-0.2, -0.15) is 0 Å². The smallest absolute Gasteiger partial charge is 0.248 e. The Morgan fingerprint density at radius 3 is 2.76 bits per heavy atom. The van der Waals surface area contributed by atoms with E-state index in [2.05, 4.69) is 31.6 Å². The second-order valence-electron chi connectivity index (χ2n) is 3.71. The average Bonchev–Trinajstić information content (AvgIpc) is 2.75. The van der Waals surface area contributed by atoms with E-state index in [1.807, 2.05) is 43.4 Å². The molecule has 0 unspecified atom stereocenters. The number of rotatable bonds is 4. The highest BCUT2D eigenvalue weighted by Gasteiger charge is 2.10. The Kier molecular flexibility index (Phi) is 3.88. The summed E-state index contributed by atoms with van der Waals surface area (Å²) in [6.07, 6.45) is 0. The van der Waals surface area contributed by atoms with Crippen LogP contribution in [0, 0.1) is 0 Å². The number of aromatic nitrogens is 2. The van der Waals surface area contributed by atoms with Crippen LogP contribution in [0.15, 0.2) is 33.2 Å². The SMILES string of the molecule is CN(C)NCc1nnc(-c2ccccc2Br)o1. The predicted molar refractivity (Wildman–Crippen MR) is 68.0 cm³/mol. The van der Waals surface area contributed by atoms with E-state index in [4.69, 9.17) is 4.42 Å². The first-order valence-electron chi connectivity index (χ1n) is 5.15. The first-order valence-corrected chi connectivity index (χ1v) is 5.94. The Morgan fingerprint density at radius 1 is 1.29 bits per heavy atom. The molecule has 5 nitrogen and oxygen atoms in total. The first-order chi connectivity index (χ1) is 8.16. The molecule has 0 saturated heterocycles. The molecule has 0 spiro atoms. The maximum atomic E-state index is 5.56. The Labute approximate surface area is 108 Å². The molecule has 1 aromatic heterocycles. The van der Waals surface area contributed by atoms with Crippen LogP contribution in [0.1, 0.15) is 5.89 Å². The monoisotopic (exact) mass is 296 g/mol. The fourth-order valence-electron chi connectivity index (χ4n) is 1.29. The van der Waals surface area contributed by atoms with Gasteiger partial charge in [0.2, 0.25) is 11.8 Å². The van der Waals surface area contributed by atoms with Crippen molar-refractivity contribution in [3.05, 3.63) is 34.6 Å². The van der Waals surface area contributed by atoms with Gasteiger partial charge in [0.1, 0.15) is 0 Å². The molecule has 6 heteroatoms. The second-order valence-corrected chi connectivity index (χ2v) is 4.56. The molecule has 90 valence electrons. The lowest BCUT2D eigenvalue weighted by Gasteiger charge is -2.08. The van der Waals surface area contributed by atoms with Crippen LogP contribution >= 0.6 is 15.9 Å². The van der Waals surface area contributed by atoms with E-state index in [9.17, 15) is 0 Å². The summed E-state index contributed by atoms with van der Waals surface area (Å²) in [5.74, 6) is 1.08. The molecule has 0 radical (unpaired) electrons. The van der Waals surface area contributed by atoms with Gasteiger partial charge in [0.05, 0.1) is 12.1 Å². The molecule has 1 N–H and O–H groups in total. The van der Waals surface area contributed by atoms with E-state index in [0.29, 0.717) is 18.3 Å². The van der Waals surface area contributed by atoms with E-state index < -0.39 is 0 Å². The van der Waals surface area contributed by atoms with Gasteiger partial charge in [-0.15, -0.1) is 10.2 Å². The van der Waals surface area contributed by atoms with Gasteiger partial charge in [-0.3, -0.25) is 5.01 Å². The number of halogens is 1. The summed E-state index contributed by atoms with van der Waals surface area (Å²) >= 11 is 3.45. The molecular weight excluding hydrogens is 284 g/mol. The number of benzene rings is 1. The third-order valence-corrected chi connectivity index (χ3v) is 2.81. The highest BCUT2D eigenvalue weighted by Crippen LogP contribution is 2.26. The fraction of sp³-hybridized carbons (Fsp3) is 0.273. The molecule has 17 heavy (non-hydrogen) atoms. The molecule has 0 saturated carbocycles. The van der Waals surface area contributed by atoms with Crippen molar-refractivity contribution in [3.63, 3.8) is 0 Å². The van der Waals surface area contributed by atoms with Gasteiger partial charge in [0, 0.05) is 18.6 Å². The summed E-state index contributed by atoms with van der Waals surface area (Å²) in [4.78, 5) is 0. The summed E-state index contributed by atoms with van der Waals surface area (Å²) in [6, 6.07) is 7.75. The lowest BCUT2D eigenvalue weighted by Crippen LogP contribution is -2.29. The van der Waals surface area contributed by atoms with Crippen molar-refractivity contribution in [2.24, 2.45) is 0 Å². The summed E-state index contributed by atoms with van der Waals surface area (Å²) in [6.45, 7) is 0.518. The molecule has 0 aliphatic rings. The van der Waals surface area contributed by atoms with Crippen LogP contribution in [0.25, 0.3) is 11.5 Å². The molecule has 2 aromatic rings. The average molecular weight is 297 g/mol. The van der Waals surface area contributed by atoms with Gasteiger partial charge in [-0.1, -0.05) is 12.1 Å². The van der Waals surface area contributed by atoms with Crippen molar-refractivity contribution in [2.45, 2.75) is 6.54 Å². The molecule has 0 fully saturated rings. The minimum Gasteiger partial charge on any atom is -0.419 e. The highest BCUT2D eigenvalue weighted by atomic mass is 79.9. The maximum absolute atomic E-state index is 5.56. The molecule has 1 aromatic carbocycles. The van der Waals surface area contributed by atoms with E-state index >= 15 is 0 Å². The molecule has 0 bridgehead atoms. The van der Waals surface area contributed by atoms with Crippen molar-refractivity contribution in [1.29, 1.82) is 0 Å². The van der Waals surface area contributed by atoms with Gasteiger partial charge < -0.3 is 4.42 Å². The van der Waals surface area contributed by atoms with E-state index in [1.54, 1.807) is 0 Å². The van der Waals surface area contributed by atoms with Crippen molar-refractivity contribution >= 4 is 15.9 Å². The van der Waals surface area contributed by atoms with Crippen LogP contribution in [0.2, 0.25) is 0 Å². The molecule has 0 aliphatic heterocycles. The number of nitrogens with zero attached hydrogens (tertiary/aromatic N) is 3. The van der Waals surface area contributed by atoms with Crippen LogP contribution in [0.3, 0.4) is 0 Å². The zero-order valence-electron chi connectivity index (χ0n) is 9.64. The van der Waals surface area contributed by atoms with E-state index in [0.717, 1.165) is 10.0 Å². The Balaban J connectivity index is 2.16. The van der Waals surface area contributed by atoms with Crippen LogP contribution in [-0.4, -0.2) is 29.3 Å². The van der Waals surface area contributed by atoms with E-state index in [-0.39, 0.29) is 0 Å². The van der Waals surface area contributed by atoms with Gasteiger partial charge in [0.25, 0.3) is 0 Å². The topological polar surface area (TPSA) is 54.2 Å². The largest absolute Gasteiger partial charge is 0.419 e. The number of hydrogen-bond acceptors (Lipinski definition) is 5. The molecule has 0 aliphatic carbocycles. The molecule has 2 rings (SSSR count). The predicted octanol–water partition coefficient (Wildman–Crippen LogP) is 2.07. The maximum Gasteiger partial charge on any atom is 0.248 e. The minimum absolute atomic E-state index is 0.518. The quantitative estimate of drug-likeness (QED) is 0.876.